The molecule has 27 heavy (non-hydrogen) atoms. The summed E-state index contributed by atoms with van der Waals surface area (Å²) in [6.07, 6.45) is 1.13. The molecule has 9 heteroatoms. The number of nitrogens with zero attached hydrogens (tertiary/aromatic N) is 1. The van der Waals surface area contributed by atoms with E-state index in [0.717, 1.165) is 6.26 Å². The van der Waals surface area contributed by atoms with Gasteiger partial charge in [0, 0.05) is 23.8 Å². The molecular formula is C18H22FNO6S. The highest BCUT2D eigenvalue weighted by Crippen LogP contribution is 2.36. The van der Waals surface area contributed by atoms with Crippen LogP contribution in [0.4, 0.5) is 4.39 Å². The van der Waals surface area contributed by atoms with E-state index in [0.29, 0.717) is 12.2 Å². The molecule has 0 fully saturated rings. The summed E-state index contributed by atoms with van der Waals surface area (Å²) >= 11 is 0. The van der Waals surface area contributed by atoms with E-state index in [-0.39, 0.29) is 23.4 Å². The van der Waals surface area contributed by atoms with Crippen molar-refractivity contribution in [1.29, 1.82) is 0 Å². The van der Waals surface area contributed by atoms with Crippen molar-refractivity contribution in [2.45, 2.75) is 37.4 Å². The summed E-state index contributed by atoms with van der Waals surface area (Å²) in [4.78, 5) is 11.6. The van der Waals surface area contributed by atoms with Gasteiger partial charge in [0.2, 0.25) is 0 Å². The van der Waals surface area contributed by atoms with Gasteiger partial charge in [-0.2, -0.15) is 0 Å². The lowest BCUT2D eigenvalue weighted by atomic mass is 9.90. The van der Waals surface area contributed by atoms with E-state index in [1.807, 2.05) is 0 Å². The molecule has 0 spiro atoms. The molecular weight excluding hydrogens is 377 g/mol. The van der Waals surface area contributed by atoms with Crippen molar-refractivity contribution in [3.05, 3.63) is 35.8 Å². The van der Waals surface area contributed by atoms with Gasteiger partial charge in [0.05, 0.1) is 7.11 Å². The third-order valence-corrected chi connectivity index (χ3v) is 6.77. The number of carboxylic acid groups (broad SMARTS) is 1. The van der Waals surface area contributed by atoms with E-state index in [4.69, 9.17) is 9.26 Å². The molecule has 0 amide bonds. The first kappa shape index (κ1) is 20.9. The van der Waals surface area contributed by atoms with Crippen LogP contribution in [0.5, 0.6) is 5.75 Å². The lowest BCUT2D eigenvalue weighted by Gasteiger charge is -2.26. The molecule has 1 N–H and O–H groups in total. The van der Waals surface area contributed by atoms with Crippen molar-refractivity contribution in [3.8, 4) is 17.0 Å². The van der Waals surface area contributed by atoms with Crippen molar-refractivity contribution >= 4 is 15.8 Å². The van der Waals surface area contributed by atoms with Gasteiger partial charge in [0.1, 0.15) is 11.5 Å². The maximum absolute atomic E-state index is 14.4. The molecule has 0 aliphatic carbocycles. The minimum absolute atomic E-state index is 0.0552. The molecule has 0 aliphatic heterocycles. The lowest BCUT2D eigenvalue weighted by molar-refractivity contribution is -0.140. The van der Waals surface area contributed by atoms with Crippen molar-refractivity contribution in [3.63, 3.8) is 0 Å². The molecule has 0 aliphatic rings. The molecule has 1 heterocycles. The largest absolute Gasteiger partial charge is 0.494 e. The molecule has 2 rings (SSSR count). The fourth-order valence-corrected chi connectivity index (χ4v) is 3.61. The van der Waals surface area contributed by atoms with E-state index >= 15 is 0 Å². The Balaban J connectivity index is 2.40. The summed E-state index contributed by atoms with van der Waals surface area (Å²) in [5.41, 5.74) is 0.388. The quantitative estimate of drug-likeness (QED) is 0.726. The number of ether oxygens (including phenoxy) is 1. The highest BCUT2D eigenvalue weighted by atomic mass is 32.2. The van der Waals surface area contributed by atoms with Gasteiger partial charge in [-0.15, -0.1) is 0 Å². The molecule has 2 atom stereocenters. The van der Waals surface area contributed by atoms with Gasteiger partial charge in [-0.3, -0.25) is 4.79 Å². The summed E-state index contributed by atoms with van der Waals surface area (Å²) < 4.78 is 46.7. The number of halogens is 1. The highest BCUT2D eigenvalue weighted by molar-refractivity contribution is 7.92. The zero-order valence-corrected chi connectivity index (χ0v) is 16.3. The Bertz CT molecular complexity index is 939. The van der Waals surface area contributed by atoms with Gasteiger partial charge in [-0.25, -0.2) is 12.8 Å². The first-order valence-corrected chi connectivity index (χ1v) is 10.2. The van der Waals surface area contributed by atoms with Crippen LogP contribution in [0.1, 0.15) is 38.4 Å². The Hall–Kier alpha value is -2.42. The summed E-state index contributed by atoms with van der Waals surface area (Å²) in [5, 5.41) is 13.3. The fraction of sp³-hybridized carbons (Fsp3) is 0.444. The molecule has 1 aromatic heterocycles. The normalized spacial score (nSPS) is 15.1. The Labute approximate surface area is 157 Å². The predicted molar refractivity (Wildman–Crippen MR) is 97.0 cm³/mol. The SMILES string of the molecule is CCC(C[C@](C)(C(=O)O)S(C)(=O)=O)c1cc(-c2cccc(OC)c2F)no1. The number of hydrogen-bond donors (Lipinski definition) is 1. The molecule has 148 valence electrons. The molecule has 0 saturated carbocycles. The molecule has 2 aromatic rings. The smallest absolute Gasteiger partial charge is 0.324 e. The van der Waals surface area contributed by atoms with E-state index in [2.05, 4.69) is 5.16 Å². The number of methoxy groups -OCH3 is 1. The van der Waals surface area contributed by atoms with Crippen LogP contribution in [0, 0.1) is 5.82 Å². The minimum Gasteiger partial charge on any atom is -0.494 e. The van der Waals surface area contributed by atoms with E-state index < -0.39 is 32.3 Å². The third kappa shape index (κ3) is 3.97. The maximum Gasteiger partial charge on any atom is 0.324 e. The van der Waals surface area contributed by atoms with Gasteiger partial charge < -0.3 is 14.4 Å². The van der Waals surface area contributed by atoms with Gasteiger partial charge >= 0.3 is 5.97 Å². The van der Waals surface area contributed by atoms with Crippen LogP contribution in [0.25, 0.3) is 11.3 Å². The summed E-state index contributed by atoms with van der Waals surface area (Å²) in [6.45, 7) is 2.95. The number of aliphatic carboxylic acids is 1. The van der Waals surface area contributed by atoms with Gasteiger partial charge in [-0.1, -0.05) is 18.1 Å². The van der Waals surface area contributed by atoms with Crippen molar-refractivity contribution in [1.82, 2.24) is 5.16 Å². The van der Waals surface area contributed by atoms with E-state index in [9.17, 15) is 22.7 Å². The van der Waals surface area contributed by atoms with Crippen LogP contribution in [0.15, 0.2) is 28.8 Å². The standard InChI is InChI=1S/C18H22FNO6S/c1-5-11(10-18(2,17(21)22)27(4,23)24)15-9-13(20-26-15)12-7-6-8-14(25-3)16(12)19/h6-9,11H,5,10H2,1-4H3,(H,21,22)/t11?,18-/m1/s1. The second kappa shape index (κ2) is 7.67. The van der Waals surface area contributed by atoms with E-state index in [1.54, 1.807) is 13.0 Å². The predicted octanol–water partition coefficient (Wildman–Crippen LogP) is 3.26. The van der Waals surface area contributed by atoms with Crippen LogP contribution < -0.4 is 4.74 Å². The van der Waals surface area contributed by atoms with Crippen LogP contribution >= 0.6 is 0 Å². The first-order valence-electron chi connectivity index (χ1n) is 8.27. The zero-order chi connectivity index (χ0) is 20.4. The maximum atomic E-state index is 14.4. The summed E-state index contributed by atoms with van der Waals surface area (Å²) in [6, 6.07) is 6.09. The fourth-order valence-electron chi connectivity index (χ4n) is 2.79. The molecule has 0 radical (unpaired) electrons. The monoisotopic (exact) mass is 399 g/mol. The van der Waals surface area contributed by atoms with Gasteiger partial charge in [-0.05, 0) is 31.9 Å². The van der Waals surface area contributed by atoms with Crippen LogP contribution in [0.3, 0.4) is 0 Å². The Morgan fingerprint density at radius 3 is 2.63 bits per heavy atom. The topological polar surface area (TPSA) is 107 Å². The Morgan fingerprint density at radius 2 is 2.11 bits per heavy atom. The molecule has 0 saturated heterocycles. The summed E-state index contributed by atoms with van der Waals surface area (Å²) in [7, 11) is -2.53. The Kier molecular flexibility index (Phi) is 5.94. The number of carboxylic acids is 1. The molecule has 0 bridgehead atoms. The first-order chi connectivity index (χ1) is 12.5. The van der Waals surface area contributed by atoms with Crippen molar-refractivity contribution < 1.29 is 32.0 Å². The lowest BCUT2D eigenvalue weighted by Crippen LogP contribution is -2.44. The van der Waals surface area contributed by atoms with Gasteiger partial charge in [0.15, 0.2) is 26.2 Å². The summed E-state index contributed by atoms with van der Waals surface area (Å²) in [5.74, 6) is -2.19. The number of benzene rings is 1. The third-order valence-electron chi connectivity index (χ3n) is 4.79. The van der Waals surface area contributed by atoms with E-state index in [1.165, 1.54) is 32.2 Å². The minimum atomic E-state index is -3.88. The van der Waals surface area contributed by atoms with Crippen LogP contribution in [0.2, 0.25) is 0 Å². The molecule has 7 nitrogen and oxygen atoms in total. The van der Waals surface area contributed by atoms with Crippen molar-refractivity contribution in [2.75, 3.05) is 13.4 Å². The zero-order valence-electron chi connectivity index (χ0n) is 15.5. The number of hydrogen-bond acceptors (Lipinski definition) is 6. The second-order valence-corrected chi connectivity index (χ2v) is 9.00. The number of aromatic nitrogens is 1. The average Bonchev–Trinajstić information content (AvgIpc) is 3.08. The molecule has 1 aromatic carbocycles. The number of rotatable bonds is 8. The van der Waals surface area contributed by atoms with Crippen LogP contribution in [-0.4, -0.2) is 42.8 Å². The highest BCUT2D eigenvalue weighted by Gasteiger charge is 2.46. The molecule has 1 unspecified atom stereocenters. The van der Waals surface area contributed by atoms with Gasteiger partial charge in [0.25, 0.3) is 0 Å². The number of sulfone groups is 1. The van der Waals surface area contributed by atoms with Crippen LogP contribution in [-0.2, 0) is 14.6 Å². The second-order valence-electron chi connectivity index (χ2n) is 6.55. The number of carbonyl (C=O) groups is 1. The Morgan fingerprint density at radius 1 is 1.44 bits per heavy atom. The van der Waals surface area contributed by atoms with Crippen molar-refractivity contribution in [2.24, 2.45) is 0 Å². The average molecular weight is 399 g/mol.